The molecular weight excluding hydrogens is 322 g/mol. The van der Waals surface area contributed by atoms with Gasteiger partial charge in [0, 0.05) is 14.1 Å². The number of likely N-dealkylation sites (N-methyl/N-ethyl adjacent to an activating group) is 1. The maximum absolute atomic E-state index is 12.3. The number of nitrogens with zero attached hydrogens (tertiary/aromatic N) is 2. The monoisotopic (exact) mass is 337 g/mol. The standard InChI is InChI=1S/C15H16ClN3O4/c1-9-13(16)14(18-23-9)17-15(21)10-6-4-5-7-11(10)22-8-12(20)19(2)3/h4-7H,8H2,1-3H3,(H,17,18,21). The van der Waals surface area contributed by atoms with Gasteiger partial charge in [-0.3, -0.25) is 9.59 Å². The average molecular weight is 338 g/mol. The first-order chi connectivity index (χ1) is 10.9. The molecule has 8 heteroatoms. The minimum absolute atomic E-state index is 0.133. The van der Waals surface area contributed by atoms with Gasteiger partial charge in [-0.25, -0.2) is 0 Å². The van der Waals surface area contributed by atoms with E-state index >= 15 is 0 Å². The zero-order valence-electron chi connectivity index (χ0n) is 12.9. The summed E-state index contributed by atoms with van der Waals surface area (Å²) in [6.07, 6.45) is 0. The SMILES string of the molecule is Cc1onc(NC(=O)c2ccccc2OCC(=O)N(C)C)c1Cl. The molecule has 7 nitrogen and oxygen atoms in total. The minimum atomic E-state index is -0.465. The summed E-state index contributed by atoms with van der Waals surface area (Å²) in [5.41, 5.74) is 0.260. The highest BCUT2D eigenvalue weighted by atomic mass is 35.5. The highest BCUT2D eigenvalue weighted by Gasteiger charge is 2.18. The van der Waals surface area contributed by atoms with Crippen LogP contribution in [0.5, 0.6) is 5.75 Å². The molecule has 122 valence electrons. The molecule has 1 aromatic heterocycles. The molecule has 0 saturated heterocycles. The zero-order valence-corrected chi connectivity index (χ0v) is 13.7. The lowest BCUT2D eigenvalue weighted by atomic mass is 10.2. The number of anilines is 1. The molecule has 0 saturated carbocycles. The molecule has 0 fully saturated rings. The van der Waals surface area contributed by atoms with Crippen molar-refractivity contribution in [1.29, 1.82) is 0 Å². The van der Waals surface area contributed by atoms with Crippen molar-refractivity contribution < 1.29 is 18.8 Å². The largest absolute Gasteiger partial charge is 0.483 e. The summed E-state index contributed by atoms with van der Waals surface area (Å²) in [5.74, 6) is 0.149. The predicted octanol–water partition coefficient (Wildman–Crippen LogP) is 2.36. The van der Waals surface area contributed by atoms with Gasteiger partial charge in [-0.05, 0) is 19.1 Å². The Labute approximate surface area is 138 Å². The van der Waals surface area contributed by atoms with Crippen molar-refractivity contribution in [3.05, 3.63) is 40.6 Å². The van der Waals surface area contributed by atoms with Gasteiger partial charge in [-0.2, -0.15) is 0 Å². The second-order valence-corrected chi connectivity index (χ2v) is 5.31. The van der Waals surface area contributed by atoms with E-state index in [0.717, 1.165) is 0 Å². The molecule has 0 radical (unpaired) electrons. The van der Waals surface area contributed by atoms with E-state index in [-0.39, 0.29) is 34.7 Å². The van der Waals surface area contributed by atoms with Crippen LogP contribution in [-0.2, 0) is 4.79 Å². The molecule has 0 unspecified atom stereocenters. The van der Waals surface area contributed by atoms with E-state index in [1.54, 1.807) is 45.3 Å². The topological polar surface area (TPSA) is 84.7 Å². The molecule has 2 aromatic rings. The van der Waals surface area contributed by atoms with Crippen molar-refractivity contribution in [2.45, 2.75) is 6.92 Å². The Morgan fingerprint density at radius 3 is 2.65 bits per heavy atom. The molecule has 0 aliphatic heterocycles. The molecule has 2 amide bonds. The van der Waals surface area contributed by atoms with E-state index in [0.29, 0.717) is 5.76 Å². The molecule has 0 bridgehead atoms. The molecule has 2 rings (SSSR count). The van der Waals surface area contributed by atoms with Crippen LogP contribution >= 0.6 is 11.6 Å². The molecular formula is C15H16ClN3O4. The normalized spacial score (nSPS) is 10.3. The number of benzene rings is 1. The van der Waals surface area contributed by atoms with Gasteiger partial charge in [-0.15, -0.1) is 0 Å². The Hall–Kier alpha value is -2.54. The van der Waals surface area contributed by atoms with Gasteiger partial charge >= 0.3 is 0 Å². The summed E-state index contributed by atoms with van der Waals surface area (Å²) in [6, 6.07) is 6.57. The summed E-state index contributed by atoms with van der Waals surface area (Å²) in [5, 5.41) is 6.45. The summed E-state index contributed by atoms with van der Waals surface area (Å²) in [6.45, 7) is 1.47. The second-order valence-electron chi connectivity index (χ2n) is 4.93. The number of amides is 2. The Bertz CT molecular complexity index is 727. The molecule has 1 aromatic carbocycles. The Kier molecular flexibility index (Phi) is 5.23. The van der Waals surface area contributed by atoms with Crippen LogP contribution in [0.3, 0.4) is 0 Å². The maximum atomic E-state index is 12.3. The summed E-state index contributed by atoms with van der Waals surface area (Å²) < 4.78 is 10.3. The number of aryl methyl sites for hydroxylation is 1. The number of aromatic nitrogens is 1. The van der Waals surface area contributed by atoms with Crippen LogP contribution in [0.2, 0.25) is 5.02 Å². The first-order valence-electron chi connectivity index (χ1n) is 6.75. The lowest BCUT2D eigenvalue weighted by molar-refractivity contribution is -0.130. The number of rotatable bonds is 5. The molecule has 23 heavy (non-hydrogen) atoms. The molecule has 0 aliphatic carbocycles. The second kappa shape index (κ2) is 7.15. The van der Waals surface area contributed by atoms with Crippen molar-refractivity contribution in [3.8, 4) is 5.75 Å². The Morgan fingerprint density at radius 1 is 1.35 bits per heavy atom. The van der Waals surface area contributed by atoms with Crippen molar-refractivity contribution in [2.75, 3.05) is 26.0 Å². The quantitative estimate of drug-likeness (QED) is 0.905. The number of para-hydroxylation sites is 1. The van der Waals surface area contributed by atoms with E-state index in [2.05, 4.69) is 10.5 Å². The van der Waals surface area contributed by atoms with Crippen LogP contribution in [0, 0.1) is 6.92 Å². The van der Waals surface area contributed by atoms with Crippen molar-refractivity contribution >= 4 is 29.2 Å². The van der Waals surface area contributed by atoms with Gasteiger partial charge in [0.1, 0.15) is 10.8 Å². The molecule has 0 aliphatic rings. The highest BCUT2D eigenvalue weighted by Crippen LogP contribution is 2.26. The fourth-order valence-electron chi connectivity index (χ4n) is 1.66. The third-order valence-corrected chi connectivity index (χ3v) is 3.45. The smallest absolute Gasteiger partial charge is 0.260 e. The Morgan fingerprint density at radius 2 is 2.04 bits per heavy atom. The number of carbonyl (C=O) groups excluding carboxylic acids is 2. The van der Waals surface area contributed by atoms with Crippen LogP contribution in [0.15, 0.2) is 28.8 Å². The minimum Gasteiger partial charge on any atom is -0.483 e. The fourth-order valence-corrected chi connectivity index (χ4v) is 1.78. The van der Waals surface area contributed by atoms with Gasteiger partial charge in [0.2, 0.25) is 0 Å². The fraction of sp³-hybridized carbons (Fsp3) is 0.267. The van der Waals surface area contributed by atoms with Gasteiger partial charge in [0.15, 0.2) is 18.2 Å². The third kappa shape index (κ3) is 4.01. The first-order valence-corrected chi connectivity index (χ1v) is 7.13. The van der Waals surface area contributed by atoms with Crippen LogP contribution in [0.4, 0.5) is 5.82 Å². The first kappa shape index (κ1) is 16.8. The van der Waals surface area contributed by atoms with Crippen LogP contribution in [0.25, 0.3) is 0 Å². The van der Waals surface area contributed by atoms with E-state index in [4.69, 9.17) is 20.9 Å². The number of hydrogen-bond acceptors (Lipinski definition) is 5. The molecule has 1 N–H and O–H groups in total. The maximum Gasteiger partial charge on any atom is 0.260 e. The molecule has 0 spiro atoms. The van der Waals surface area contributed by atoms with Crippen LogP contribution in [-0.4, -0.2) is 42.6 Å². The van der Waals surface area contributed by atoms with E-state index in [1.807, 2.05) is 0 Å². The van der Waals surface area contributed by atoms with E-state index in [9.17, 15) is 9.59 Å². The van der Waals surface area contributed by atoms with Crippen LogP contribution in [0.1, 0.15) is 16.1 Å². The summed E-state index contributed by atoms with van der Waals surface area (Å²) >= 11 is 5.97. The van der Waals surface area contributed by atoms with Gasteiger partial charge < -0.3 is 19.5 Å². The van der Waals surface area contributed by atoms with E-state index in [1.165, 1.54) is 4.90 Å². The lowest BCUT2D eigenvalue weighted by Crippen LogP contribution is -2.28. The van der Waals surface area contributed by atoms with Crippen molar-refractivity contribution in [3.63, 3.8) is 0 Å². The number of halogens is 1. The number of nitrogens with one attached hydrogen (secondary N) is 1. The highest BCUT2D eigenvalue weighted by molar-refractivity contribution is 6.34. The zero-order chi connectivity index (χ0) is 17.0. The van der Waals surface area contributed by atoms with E-state index < -0.39 is 5.91 Å². The number of hydrogen-bond donors (Lipinski definition) is 1. The summed E-state index contributed by atoms with van der Waals surface area (Å²) in [7, 11) is 3.25. The molecule has 0 atom stereocenters. The average Bonchev–Trinajstić information content (AvgIpc) is 2.84. The van der Waals surface area contributed by atoms with Gasteiger partial charge in [0.05, 0.1) is 5.56 Å². The van der Waals surface area contributed by atoms with Crippen molar-refractivity contribution in [1.82, 2.24) is 10.1 Å². The number of ether oxygens (including phenoxy) is 1. The number of carbonyl (C=O) groups is 2. The molecule has 1 heterocycles. The predicted molar refractivity (Wildman–Crippen MR) is 84.8 cm³/mol. The van der Waals surface area contributed by atoms with Crippen molar-refractivity contribution in [2.24, 2.45) is 0 Å². The Balaban J connectivity index is 2.14. The third-order valence-electron chi connectivity index (χ3n) is 3.00. The lowest BCUT2D eigenvalue weighted by Gasteiger charge is -2.13. The summed E-state index contributed by atoms with van der Waals surface area (Å²) in [4.78, 5) is 25.3. The van der Waals surface area contributed by atoms with Crippen LogP contribution < -0.4 is 10.1 Å². The van der Waals surface area contributed by atoms with Gasteiger partial charge in [-0.1, -0.05) is 28.9 Å². The van der Waals surface area contributed by atoms with Gasteiger partial charge in [0.25, 0.3) is 11.8 Å².